The minimum Gasteiger partial charge on any atom is -0.308 e. The van der Waals surface area contributed by atoms with Gasteiger partial charge in [-0.05, 0) is 41.8 Å². The zero-order valence-electron chi connectivity index (χ0n) is 11.9. The first-order valence-corrected chi connectivity index (χ1v) is 8.34. The van der Waals surface area contributed by atoms with Crippen molar-refractivity contribution in [1.29, 1.82) is 0 Å². The number of aromatic nitrogens is 1. The van der Waals surface area contributed by atoms with Gasteiger partial charge in [0.05, 0.1) is 0 Å². The van der Waals surface area contributed by atoms with E-state index in [4.69, 9.17) is 0 Å². The standard InChI is InChI=1S/C18H18N2S/c1-2-6-17-14(4-1)9-19-10-15(17)11-20-12-16-8-13-5-3-7-18(13)21-16/h1-2,4,6,8-10,20H,3,5,7,11-12H2. The number of fused-ring (bicyclic) bond motifs is 2. The first kappa shape index (κ1) is 13.0. The van der Waals surface area contributed by atoms with Crippen molar-refractivity contribution in [2.45, 2.75) is 32.4 Å². The lowest BCUT2D eigenvalue weighted by Gasteiger charge is -2.07. The molecular formula is C18H18N2S. The van der Waals surface area contributed by atoms with Gasteiger partial charge in [0, 0.05) is 40.6 Å². The number of rotatable bonds is 4. The maximum absolute atomic E-state index is 4.34. The van der Waals surface area contributed by atoms with Crippen LogP contribution in [-0.2, 0) is 25.9 Å². The quantitative estimate of drug-likeness (QED) is 0.784. The third-order valence-corrected chi connectivity index (χ3v) is 5.40. The van der Waals surface area contributed by atoms with Gasteiger partial charge in [-0.15, -0.1) is 11.3 Å². The lowest BCUT2D eigenvalue weighted by atomic mass is 10.1. The second-order valence-electron chi connectivity index (χ2n) is 5.64. The molecule has 0 aliphatic heterocycles. The maximum atomic E-state index is 4.34. The van der Waals surface area contributed by atoms with Crippen LogP contribution < -0.4 is 5.32 Å². The van der Waals surface area contributed by atoms with Crippen LogP contribution in [0.5, 0.6) is 0 Å². The molecule has 0 amide bonds. The Morgan fingerprint density at radius 1 is 1.10 bits per heavy atom. The molecule has 0 saturated carbocycles. The highest BCUT2D eigenvalue weighted by atomic mass is 32.1. The topological polar surface area (TPSA) is 24.9 Å². The minimum atomic E-state index is 0.872. The van der Waals surface area contributed by atoms with E-state index in [1.54, 1.807) is 10.4 Å². The van der Waals surface area contributed by atoms with Crippen LogP contribution in [0.4, 0.5) is 0 Å². The monoisotopic (exact) mass is 294 g/mol. The second kappa shape index (κ2) is 5.58. The molecule has 0 bridgehead atoms. The third kappa shape index (κ3) is 2.59. The Labute approximate surface area is 128 Å². The lowest BCUT2D eigenvalue weighted by molar-refractivity contribution is 0.702. The number of hydrogen-bond acceptors (Lipinski definition) is 3. The molecule has 21 heavy (non-hydrogen) atoms. The zero-order valence-corrected chi connectivity index (χ0v) is 12.7. The summed E-state index contributed by atoms with van der Waals surface area (Å²) in [6.45, 7) is 1.83. The molecule has 1 N–H and O–H groups in total. The van der Waals surface area contributed by atoms with E-state index in [2.05, 4.69) is 40.6 Å². The van der Waals surface area contributed by atoms with Gasteiger partial charge in [0.15, 0.2) is 0 Å². The molecule has 0 unspecified atom stereocenters. The SMILES string of the molecule is c1ccc2c(CNCc3cc4c(s3)CCC4)cncc2c1. The van der Waals surface area contributed by atoms with Crippen molar-refractivity contribution in [3.05, 3.63) is 63.6 Å². The summed E-state index contributed by atoms with van der Waals surface area (Å²) in [6.07, 6.45) is 7.81. The smallest absolute Gasteiger partial charge is 0.0346 e. The third-order valence-electron chi connectivity index (χ3n) is 4.16. The molecule has 0 saturated heterocycles. The van der Waals surface area contributed by atoms with Crippen molar-refractivity contribution in [3.8, 4) is 0 Å². The number of pyridine rings is 1. The van der Waals surface area contributed by atoms with E-state index >= 15 is 0 Å². The Morgan fingerprint density at radius 2 is 2.05 bits per heavy atom. The fourth-order valence-corrected chi connectivity index (χ4v) is 4.35. The highest BCUT2D eigenvalue weighted by molar-refractivity contribution is 7.12. The van der Waals surface area contributed by atoms with E-state index in [1.807, 2.05) is 23.7 Å². The normalized spacial score (nSPS) is 13.7. The molecule has 2 heterocycles. The van der Waals surface area contributed by atoms with Gasteiger partial charge < -0.3 is 5.32 Å². The van der Waals surface area contributed by atoms with Gasteiger partial charge in [-0.2, -0.15) is 0 Å². The number of thiophene rings is 1. The van der Waals surface area contributed by atoms with E-state index in [-0.39, 0.29) is 0 Å². The fraction of sp³-hybridized carbons (Fsp3) is 0.278. The Balaban J connectivity index is 1.46. The zero-order chi connectivity index (χ0) is 14.1. The van der Waals surface area contributed by atoms with Crippen LogP contribution in [0.1, 0.15) is 27.3 Å². The van der Waals surface area contributed by atoms with E-state index in [0.29, 0.717) is 0 Å². The first-order chi connectivity index (χ1) is 10.4. The summed E-state index contributed by atoms with van der Waals surface area (Å²) >= 11 is 1.98. The van der Waals surface area contributed by atoms with Crippen LogP contribution in [0, 0.1) is 0 Å². The van der Waals surface area contributed by atoms with Gasteiger partial charge in [0.2, 0.25) is 0 Å². The van der Waals surface area contributed by atoms with Crippen LogP contribution in [0.3, 0.4) is 0 Å². The first-order valence-electron chi connectivity index (χ1n) is 7.53. The maximum Gasteiger partial charge on any atom is 0.0346 e. The summed E-state index contributed by atoms with van der Waals surface area (Å²) < 4.78 is 0. The molecule has 1 aliphatic rings. The van der Waals surface area contributed by atoms with Gasteiger partial charge in [0.1, 0.15) is 0 Å². The summed E-state index contributed by atoms with van der Waals surface area (Å²) in [6, 6.07) is 10.8. The second-order valence-corrected chi connectivity index (χ2v) is 6.86. The molecule has 1 aromatic carbocycles. The Morgan fingerprint density at radius 3 is 3.00 bits per heavy atom. The lowest BCUT2D eigenvalue weighted by Crippen LogP contribution is -2.12. The van der Waals surface area contributed by atoms with E-state index in [1.165, 1.54) is 40.5 Å². The Kier molecular flexibility index (Phi) is 3.45. The molecule has 0 fully saturated rings. The Bertz CT molecular complexity index is 749. The molecule has 0 atom stereocenters. The molecule has 0 radical (unpaired) electrons. The molecular weight excluding hydrogens is 276 g/mol. The van der Waals surface area contributed by atoms with E-state index in [0.717, 1.165) is 13.1 Å². The van der Waals surface area contributed by atoms with Crippen molar-refractivity contribution in [2.24, 2.45) is 0 Å². The van der Waals surface area contributed by atoms with Crippen LogP contribution in [-0.4, -0.2) is 4.98 Å². The number of nitrogens with zero attached hydrogens (tertiary/aromatic N) is 1. The summed E-state index contributed by atoms with van der Waals surface area (Å²) in [5.41, 5.74) is 2.86. The molecule has 2 nitrogen and oxygen atoms in total. The molecule has 106 valence electrons. The van der Waals surface area contributed by atoms with Crippen molar-refractivity contribution in [1.82, 2.24) is 10.3 Å². The van der Waals surface area contributed by atoms with Crippen molar-refractivity contribution in [3.63, 3.8) is 0 Å². The number of aryl methyl sites for hydroxylation is 2. The largest absolute Gasteiger partial charge is 0.308 e. The molecule has 3 aromatic rings. The molecule has 1 aliphatic carbocycles. The van der Waals surface area contributed by atoms with E-state index in [9.17, 15) is 0 Å². The highest BCUT2D eigenvalue weighted by Gasteiger charge is 2.14. The molecule has 3 heteroatoms. The minimum absolute atomic E-state index is 0.872. The van der Waals surface area contributed by atoms with Crippen molar-refractivity contribution in [2.75, 3.05) is 0 Å². The fourth-order valence-electron chi connectivity index (χ4n) is 3.12. The van der Waals surface area contributed by atoms with Crippen molar-refractivity contribution >= 4 is 22.1 Å². The van der Waals surface area contributed by atoms with Gasteiger partial charge in [-0.1, -0.05) is 24.3 Å². The van der Waals surface area contributed by atoms with Crippen LogP contribution in [0.2, 0.25) is 0 Å². The van der Waals surface area contributed by atoms with Gasteiger partial charge in [-0.3, -0.25) is 4.98 Å². The van der Waals surface area contributed by atoms with Gasteiger partial charge >= 0.3 is 0 Å². The highest BCUT2D eigenvalue weighted by Crippen LogP contribution is 2.30. The van der Waals surface area contributed by atoms with Crippen LogP contribution in [0.15, 0.2) is 42.7 Å². The van der Waals surface area contributed by atoms with Crippen molar-refractivity contribution < 1.29 is 0 Å². The van der Waals surface area contributed by atoms with E-state index < -0.39 is 0 Å². The Hall–Kier alpha value is -1.71. The summed E-state index contributed by atoms with van der Waals surface area (Å²) in [5.74, 6) is 0. The number of hydrogen-bond donors (Lipinski definition) is 1. The number of benzene rings is 1. The molecule has 0 spiro atoms. The van der Waals surface area contributed by atoms with Crippen LogP contribution >= 0.6 is 11.3 Å². The average molecular weight is 294 g/mol. The summed E-state index contributed by atoms with van der Waals surface area (Å²) in [7, 11) is 0. The summed E-state index contributed by atoms with van der Waals surface area (Å²) in [5, 5.41) is 6.08. The molecule has 2 aromatic heterocycles. The predicted molar refractivity (Wildman–Crippen MR) is 88.6 cm³/mol. The van der Waals surface area contributed by atoms with Crippen LogP contribution in [0.25, 0.3) is 10.8 Å². The summed E-state index contributed by atoms with van der Waals surface area (Å²) in [4.78, 5) is 7.42. The number of nitrogens with one attached hydrogen (secondary N) is 1. The average Bonchev–Trinajstić information content (AvgIpc) is 3.09. The van der Waals surface area contributed by atoms with Gasteiger partial charge in [-0.25, -0.2) is 0 Å². The predicted octanol–water partition coefficient (Wildman–Crippen LogP) is 4.07. The van der Waals surface area contributed by atoms with Gasteiger partial charge in [0.25, 0.3) is 0 Å². The molecule has 4 rings (SSSR count).